The van der Waals surface area contributed by atoms with Gasteiger partial charge in [-0.1, -0.05) is 0 Å². The van der Waals surface area contributed by atoms with Gasteiger partial charge in [0.2, 0.25) is 10.0 Å². The predicted octanol–water partition coefficient (Wildman–Crippen LogP) is 1.46. The van der Waals surface area contributed by atoms with Crippen LogP contribution >= 0.6 is 0 Å². The average molecular weight is 257 g/mol. The minimum atomic E-state index is -3.60. The first-order chi connectivity index (χ1) is 7.62. The van der Waals surface area contributed by atoms with Crippen LogP contribution in [0.15, 0.2) is 29.2 Å². The van der Waals surface area contributed by atoms with Gasteiger partial charge in [-0.3, -0.25) is 0 Å². The van der Waals surface area contributed by atoms with E-state index in [9.17, 15) is 13.2 Å². The summed E-state index contributed by atoms with van der Waals surface area (Å²) in [6.45, 7) is 5.20. The van der Waals surface area contributed by atoms with E-state index in [2.05, 4.69) is 4.72 Å². The van der Waals surface area contributed by atoms with E-state index in [-0.39, 0.29) is 10.5 Å². The zero-order valence-electron chi connectivity index (χ0n) is 9.89. The van der Waals surface area contributed by atoms with Crippen LogP contribution in [0, 0.1) is 0 Å². The van der Waals surface area contributed by atoms with E-state index in [0.717, 1.165) is 0 Å². The minimum absolute atomic E-state index is 0.0532. The van der Waals surface area contributed by atoms with Crippen LogP contribution in [0.5, 0.6) is 0 Å². The van der Waals surface area contributed by atoms with Crippen molar-refractivity contribution < 1.29 is 18.3 Å². The zero-order chi connectivity index (χ0) is 13.3. The Hall–Kier alpha value is -1.40. The minimum Gasteiger partial charge on any atom is -0.478 e. The summed E-state index contributed by atoms with van der Waals surface area (Å²) >= 11 is 0. The molecule has 1 aromatic carbocycles. The summed E-state index contributed by atoms with van der Waals surface area (Å²) in [7, 11) is -3.60. The summed E-state index contributed by atoms with van der Waals surface area (Å²) in [5, 5.41) is 8.70. The summed E-state index contributed by atoms with van der Waals surface area (Å²) in [6.07, 6.45) is 0. The maximum absolute atomic E-state index is 11.9. The number of hydrogen-bond acceptors (Lipinski definition) is 3. The van der Waals surface area contributed by atoms with E-state index >= 15 is 0 Å². The number of rotatable bonds is 3. The summed E-state index contributed by atoms with van der Waals surface area (Å²) in [6, 6.07) is 5.08. The van der Waals surface area contributed by atoms with Crippen molar-refractivity contribution in [3.05, 3.63) is 29.8 Å². The van der Waals surface area contributed by atoms with Crippen LogP contribution < -0.4 is 4.72 Å². The number of hydrogen-bond donors (Lipinski definition) is 2. The second-order valence-corrected chi connectivity index (χ2v) is 6.37. The van der Waals surface area contributed by atoms with Crippen molar-refractivity contribution in [2.45, 2.75) is 31.2 Å². The van der Waals surface area contributed by atoms with Crippen LogP contribution in [0.4, 0.5) is 0 Å². The summed E-state index contributed by atoms with van der Waals surface area (Å²) < 4.78 is 26.2. The van der Waals surface area contributed by atoms with E-state index in [1.54, 1.807) is 20.8 Å². The van der Waals surface area contributed by atoms with E-state index < -0.39 is 21.5 Å². The Balaban J connectivity index is 3.05. The highest BCUT2D eigenvalue weighted by Gasteiger charge is 2.21. The highest BCUT2D eigenvalue weighted by molar-refractivity contribution is 7.89. The molecule has 2 N–H and O–H groups in total. The van der Waals surface area contributed by atoms with Crippen molar-refractivity contribution in [2.75, 3.05) is 0 Å². The molecule has 0 saturated carbocycles. The summed E-state index contributed by atoms with van der Waals surface area (Å²) in [4.78, 5) is 10.7. The molecule has 0 saturated heterocycles. The molecule has 0 bridgehead atoms. The smallest absolute Gasteiger partial charge is 0.335 e. The Morgan fingerprint density at radius 1 is 1.18 bits per heavy atom. The maximum Gasteiger partial charge on any atom is 0.335 e. The zero-order valence-corrected chi connectivity index (χ0v) is 10.7. The second-order valence-electron chi connectivity index (χ2n) is 4.69. The molecule has 5 nitrogen and oxygen atoms in total. The largest absolute Gasteiger partial charge is 0.478 e. The molecule has 17 heavy (non-hydrogen) atoms. The van der Waals surface area contributed by atoms with Crippen molar-refractivity contribution in [3.63, 3.8) is 0 Å². The molecule has 0 aliphatic rings. The Morgan fingerprint density at radius 2 is 1.65 bits per heavy atom. The number of carboxylic acid groups (broad SMARTS) is 1. The predicted molar refractivity (Wildman–Crippen MR) is 63.5 cm³/mol. The van der Waals surface area contributed by atoms with Crippen LogP contribution in [0.1, 0.15) is 31.1 Å². The fraction of sp³-hybridized carbons (Fsp3) is 0.364. The lowest BCUT2D eigenvalue weighted by Crippen LogP contribution is -2.40. The number of carbonyl (C=O) groups is 1. The van der Waals surface area contributed by atoms with E-state index in [1.807, 2.05) is 0 Å². The molecule has 0 aliphatic carbocycles. The number of carboxylic acids is 1. The van der Waals surface area contributed by atoms with Gasteiger partial charge >= 0.3 is 5.97 Å². The molecule has 1 rings (SSSR count). The molecule has 0 amide bonds. The third kappa shape index (κ3) is 3.83. The van der Waals surface area contributed by atoms with Crippen LogP contribution in [-0.2, 0) is 10.0 Å². The molecule has 0 fully saturated rings. The summed E-state index contributed by atoms with van der Waals surface area (Å²) in [5.74, 6) is -1.09. The molecule has 0 atom stereocenters. The normalized spacial score (nSPS) is 12.4. The highest BCUT2D eigenvalue weighted by Crippen LogP contribution is 2.13. The van der Waals surface area contributed by atoms with Crippen LogP contribution in [0.3, 0.4) is 0 Å². The van der Waals surface area contributed by atoms with Gasteiger partial charge in [-0.05, 0) is 45.0 Å². The quantitative estimate of drug-likeness (QED) is 0.858. The van der Waals surface area contributed by atoms with E-state index in [1.165, 1.54) is 24.3 Å². The Bertz CT molecular complexity index is 511. The van der Waals surface area contributed by atoms with Gasteiger partial charge in [0, 0.05) is 5.54 Å². The van der Waals surface area contributed by atoms with Gasteiger partial charge in [-0.15, -0.1) is 0 Å². The highest BCUT2D eigenvalue weighted by atomic mass is 32.2. The first-order valence-corrected chi connectivity index (χ1v) is 6.47. The number of nitrogens with one attached hydrogen (secondary N) is 1. The first-order valence-electron chi connectivity index (χ1n) is 4.99. The van der Waals surface area contributed by atoms with E-state index in [4.69, 9.17) is 5.11 Å². The van der Waals surface area contributed by atoms with Crippen LogP contribution in [-0.4, -0.2) is 25.0 Å². The molecule has 0 unspecified atom stereocenters. The first kappa shape index (κ1) is 13.7. The lowest BCUT2D eigenvalue weighted by Gasteiger charge is -2.20. The second kappa shape index (κ2) is 4.46. The monoisotopic (exact) mass is 257 g/mol. The SMILES string of the molecule is CC(C)(C)NS(=O)(=O)c1ccc(C(=O)O)cc1. The lowest BCUT2D eigenvalue weighted by atomic mass is 10.1. The number of sulfonamides is 1. The van der Waals surface area contributed by atoms with Crippen molar-refractivity contribution in [1.82, 2.24) is 4.72 Å². The van der Waals surface area contributed by atoms with Gasteiger partial charge in [0.05, 0.1) is 10.5 Å². The average Bonchev–Trinajstić information content (AvgIpc) is 2.14. The lowest BCUT2D eigenvalue weighted by molar-refractivity contribution is 0.0696. The Morgan fingerprint density at radius 3 is 2.00 bits per heavy atom. The van der Waals surface area contributed by atoms with Gasteiger partial charge in [0.25, 0.3) is 0 Å². The standard InChI is InChI=1S/C11H15NO4S/c1-11(2,3)12-17(15,16)9-6-4-8(5-7-9)10(13)14/h4-7,12H,1-3H3,(H,13,14). The van der Waals surface area contributed by atoms with Crippen molar-refractivity contribution in [2.24, 2.45) is 0 Å². The van der Waals surface area contributed by atoms with Gasteiger partial charge < -0.3 is 5.11 Å². The maximum atomic E-state index is 11.9. The van der Waals surface area contributed by atoms with Gasteiger partial charge in [-0.25, -0.2) is 17.9 Å². The van der Waals surface area contributed by atoms with Crippen LogP contribution in [0.2, 0.25) is 0 Å². The molecule has 0 aliphatic heterocycles. The Labute approximate surface area is 101 Å². The fourth-order valence-corrected chi connectivity index (χ4v) is 2.66. The number of aromatic carboxylic acids is 1. The third-order valence-electron chi connectivity index (χ3n) is 1.85. The van der Waals surface area contributed by atoms with Gasteiger partial charge in [0.15, 0.2) is 0 Å². The third-order valence-corrected chi connectivity index (χ3v) is 3.63. The summed E-state index contributed by atoms with van der Waals surface area (Å²) in [5.41, 5.74) is -0.524. The molecule has 1 aromatic rings. The van der Waals surface area contributed by atoms with Crippen LogP contribution in [0.25, 0.3) is 0 Å². The molecule has 0 aromatic heterocycles. The molecule has 0 spiro atoms. The fourth-order valence-electron chi connectivity index (χ4n) is 1.24. The van der Waals surface area contributed by atoms with Crippen molar-refractivity contribution >= 4 is 16.0 Å². The number of benzene rings is 1. The van der Waals surface area contributed by atoms with Crippen molar-refractivity contribution in [3.8, 4) is 0 Å². The molecular formula is C11H15NO4S. The van der Waals surface area contributed by atoms with Gasteiger partial charge in [-0.2, -0.15) is 0 Å². The molecule has 0 radical (unpaired) electrons. The molecular weight excluding hydrogens is 242 g/mol. The topological polar surface area (TPSA) is 83.5 Å². The molecule has 6 heteroatoms. The van der Waals surface area contributed by atoms with Crippen molar-refractivity contribution in [1.29, 1.82) is 0 Å². The van der Waals surface area contributed by atoms with E-state index in [0.29, 0.717) is 0 Å². The van der Waals surface area contributed by atoms with Gasteiger partial charge in [0.1, 0.15) is 0 Å². The molecule has 0 heterocycles. The molecule has 94 valence electrons. The Kier molecular flexibility index (Phi) is 3.59.